The summed E-state index contributed by atoms with van der Waals surface area (Å²) >= 11 is 11.7. The topological polar surface area (TPSA) is 35.5 Å². The summed E-state index contributed by atoms with van der Waals surface area (Å²) in [6, 6.07) is 4.90. The van der Waals surface area contributed by atoms with Crippen LogP contribution in [0.4, 0.5) is 0 Å². The second kappa shape index (κ2) is 6.53. The minimum atomic E-state index is -0.259. The summed E-state index contributed by atoms with van der Waals surface area (Å²) in [5, 5.41) is 0.847. The molecule has 0 aromatic heterocycles. The van der Waals surface area contributed by atoms with Crippen LogP contribution in [-0.2, 0) is 9.47 Å². The van der Waals surface area contributed by atoms with Crippen LogP contribution >= 0.6 is 23.2 Å². The molecule has 1 heterocycles. The monoisotopic (exact) mass is 288 g/mol. The molecule has 1 aromatic rings. The molecule has 0 amide bonds. The van der Waals surface area contributed by atoms with E-state index in [4.69, 9.17) is 32.7 Å². The van der Waals surface area contributed by atoms with Crippen molar-refractivity contribution in [1.82, 2.24) is 0 Å². The number of carbonyl (C=O) groups is 1. The molecule has 5 heteroatoms. The highest BCUT2D eigenvalue weighted by Gasteiger charge is 2.16. The number of hydrogen-bond acceptors (Lipinski definition) is 3. The third kappa shape index (κ3) is 3.69. The molecule has 0 atom stereocenters. The molecule has 1 aliphatic rings. The van der Waals surface area contributed by atoms with Crippen molar-refractivity contribution in [3.05, 3.63) is 33.8 Å². The van der Waals surface area contributed by atoms with Gasteiger partial charge < -0.3 is 9.47 Å². The molecule has 0 saturated carbocycles. The number of rotatable bonds is 4. The summed E-state index contributed by atoms with van der Waals surface area (Å²) in [5.41, 5.74) is 0.570. The quantitative estimate of drug-likeness (QED) is 0.792. The van der Waals surface area contributed by atoms with Crippen molar-refractivity contribution in [3.63, 3.8) is 0 Å². The van der Waals surface area contributed by atoms with Gasteiger partial charge in [-0.15, -0.1) is 0 Å². The van der Waals surface area contributed by atoms with Crippen molar-refractivity contribution in [2.24, 2.45) is 0 Å². The maximum absolute atomic E-state index is 11.9. The fraction of sp³-hybridized carbons (Fsp3) is 0.462. The molecule has 1 aliphatic heterocycles. The van der Waals surface area contributed by atoms with E-state index in [0.29, 0.717) is 41.7 Å². The molecular weight excluding hydrogens is 275 g/mol. The average Bonchev–Trinajstić information content (AvgIpc) is 2.40. The van der Waals surface area contributed by atoms with E-state index in [1.807, 2.05) is 0 Å². The van der Waals surface area contributed by atoms with Gasteiger partial charge in [0.15, 0.2) is 12.1 Å². The summed E-state index contributed by atoms with van der Waals surface area (Å²) in [6.07, 6.45) is 1.60. The molecule has 0 radical (unpaired) electrons. The molecule has 0 unspecified atom stereocenters. The maximum atomic E-state index is 11.9. The molecule has 0 aliphatic carbocycles. The van der Waals surface area contributed by atoms with Gasteiger partial charge in [0.05, 0.1) is 23.3 Å². The van der Waals surface area contributed by atoms with E-state index in [9.17, 15) is 4.79 Å². The molecule has 18 heavy (non-hydrogen) atoms. The zero-order valence-electron chi connectivity index (χ0n) is 9.83. The number of benzene rings is 1. The third-order valence-electron chi connectivity index (χ3n) is 2.74. The Bertz CT molecular complexity index is 428. The minimum absolute atomic E-state index is 0.0198. The van der Waals surface area contributed by atoms with Crippen molar-refractivity contribution in [2.45, 2.75) is 25.6 Å². The Morgan fingerprint density at radius 1 is 1.22 bits per heavy atom. The van der Waals surface area contributed by atoms with Gasteiger partial charge in [0, 0.05) is 18.4 Å². The van der Waals surface area contributed by atoms with E-state index in [0.717, 1.165) is 6.42 Å². The van der Waals surface area contributed by atoms with Crippen molar-refractivity contribution >= 4 is 29.0 Å². The highest BCUT2D eigenvalue weighted by molar-refractivity contribution is 6.42. The highest BCUT2D eigenvalue weighted by atomic mass is 35.5. The van der Waals surface area contributed by atoms with Gasteiger partial charge in [-0.05, 0) is 24.6 Å². The van der Waals surface area contributed by atoms with E-state index >= 15 is 0 Å². The van der Waals surface area contributed by atoms with Gasteiger partial charge in [0.1, 0.15) is 0 Å². The number of halogens is 2. The molecule has 0 spiro atoms. The number of ketones is 1. The molecule has 3 nitrogen and oxygen atoms in total. The van der Waals surface area contributed by atoms with Crippen LogP contribution < -0.4 is 0 Å². The zero-order chi connectivity index (χ0) is 13.0. The first-order valence-corrected chi connectivity index (χ1v) is 6.64. The van der Waals surface area contributed by atoms with Crippen LogP contribution in [0, 0.1) is 0 Å². The third-order valence-corrected chi connectivity index (χ3v) is 3.48. The Balaban J connectivity index is 1.88. The van der Waals surface area contributed by atoms with Crippen LogP contribution in [0.15, 0.2) is 18.2 Å². The fourth-order valence-corrected chi connectivity index (χ4v) is 2.06. The van der Waals surface area contributed by atoms with Crippen molar-refractivity contribution in [3.8, 4) is 0 Å². The SMILES string of the molecule is O=C(CCC1OCCCO1)c1ccc(Cl)c(Cl)c1. The average molecular weight is 289 g/mol. The predicted octanol–water partition coefficient (Wildman–Crippen LogP) is 3.72. The summed E-state index contributed by atoms with van der Waals surface area (Å²) in [6.45, 7) is 1.40. The first kappa shape index (κ1) is 13.8. The first-order valence-electron chi connectivity index (χ1n) is 5.88. The lowest BCUT2D eigenvalue weighted by Crippen LogP contribution is -2.25. The Labute approximate surface area is 116 Å². The predicted molar refractivity (Wildman–Crippen MR) is 70.3 cm³/mol. The Morgan fingerprint density at radius 3 is 2.61 bits per heavy atom. The zero-order valence-corrected chi connectivity index (χ0v) is 11.3. The van der Waals surface area contributed by atoms with Crippen LogP contribution in [0.3, 0.4) is 0 Å². The molecule has 1 fully saturated rings. The summed E-state index contributed by atoms with van der Waals surface area (Å²) < 4.78 is 10.8. The van der Waals surface area contributed by atoms with E-state index in [1.165, 1.54) is 0 Å². The Morgan fingerprint density at radius 2 is 1.94 bits per heavy atom. The second-order valence-corrected chi connectivity index (χ2v) is 4.93. The first-order chi connectivity index (χ1) is 8.66. The molecule has 0 bridgehead atoms. The maximum Gasteiger partial charge on any atom is 0.163 e. The van der Waals surface area contributed by atoms with E-state index in [-0.39, 0.29) is 12.1 Å². The molecule has 2 rings (SSSR count). The molecule has 1 aromatic carbocycles. The lowest BCUT2D eigenvalue weighted by Gasteiger charge is -2.22. The number of hydrogen-bond donors (Lipinski definition) is 0. The van der Waals surface area contributed by atoms with Crippen LogP contribution in [0.1, 0.15) is 29.6 Å². The smallest absolute Gasteiger partial charge is 0.163 e. The Hall–Kier alpha value is -0.610. The summed E-state index contributed by atoms with van der Waals surface area (Å²) in [7, 11) is 0. The van der Waals surface area contributed by atoms with Gasteiger partial charge in [-0.1, -0.05) is 23.2 Å². The highest BCUT2D eigenvalue weighted by Crippen LogP contribution is 2.23. The standard InChI is InChI=1S/C13H14Cl2O3/c14-10-3-2-9(8-11(10)15)12(16)4-5-13-17-6-1-7-18-13/h2-3,8,13H,1,4-7H2. The molecule has 0 N–H and O–H groups in total. The van der Waals surface area contributed by atoms with Gasteiger partial charge in [-0.2, -0.15) is 0 Å². The lowest BCUT2D eigenvalue weighted by molar-refractivity contribution is -0.180. The van der Waals surface area contributed by atoms with Gasteiger partial charge in [-0.3, -0.25) is 4.79 Å². The number of carbonyl (C=O) groups excluding carboxylic acids is 1. The van der Waals surface area contributed by atoms with Crippen LogP contribution in [-0.4, -0.2) is 25.3 Å². The Kier molecular flexibility index (Phi) is 5.01. The van der Waals surface area contributed by atoms with Gasteiger partial charge in [0.2, 0.25) is 0 Å². The molecular formula is C13H14Cl2O3. The summed E-state index contributed by atoms with van der Waals surface area (Å²) in [5.74, 6) is 0.0198. The second-order valence-electron chi connectivity index (χ2n) is 4.12. The lowest BCUT2D eigenvalue weighted by atomic mass is 10.1. The van der Waals surface area contributed by atoms with E-state index in [1.54, 1.807) is 18.2 Å². The van der Waals surface area contributed by atoms with Gasteiger partial charge in [-0.25, -0.2) is 0 Å². The van der Waals surface area contributed by atoms with Crippen molar-refractivity contribution < 1.29 is 14.3 Å². The van der Waals surface area contributed by atoms with Crippen LogP contribution in [0.2, 0.25) is 10.0 Å². The van der Waals surface area contributed by atoms with Crippen LogP contribution in [0.5, 0.6) is 0 Å². The number of ether oxygens (including phenoxy) is 2. The van der Waals surface area contributed by atoms with E-state index in [2.05, 4.69) is 0 Å². The largest absolute Gasteiger partial charge is 0.353 e. The molecule has 98 valence electrons. The van der Waals surface area contributed by atoms with Gasteiger partial charge >= 0.3 is 0 Å². The van der Waals surface area contributed by atoms with E-state index < -0.39 is 0 Å². The van der Waals surface area contributed by atoms with Gasteiger partial charge in [0.25, 0.3) is 0 Å². The van der Waals surface area contributed by atoms with Crippen LogP contribution in [0.25, 0.3) is 0 Å². The van der Waals surface area contributed by atoms with Crippen molar-refractivity contribution in [2.75, 3.05) is 13.2 Å². The molecule has 1 saturated heterocycles. The normalized spacial score (nSPS) is 16.8. The summed E-state index contributed by atoms with van der Waals surface area (Å²) in [4.78, 5) is 11.9. The van der Waals surface area contributed by atoms with Crippen molar-refractivity contribution in [1.29, 1.82) is 0 Å². The number of Topliss-reactive ketones (excluding diaryl/α,β-unsaturated/α-hetero) is 1. The fourth-order valence-electron chi connectivity index (χ4n) is 1.77. The minimum Gasteiger partial charge on any atom is -0.353 e.